The zero-order valence-electron chi connectivity index (χ0n) is 10.6. The van der Waals surface area contributed by atoms with Crippen LogP contribution >= 0.6 is 0 Å². The first kappa shape index (κ1) is 13.9. The molecule has 2 atom stereocenters. The monoisotopic (exact) mass is 248 g/mol. The third-order valence-electron chi connectivity index (χ3n) is 3.10. The van der Waals surface area contributed by atoms with Gasteiger partial charge in [-0.15, -0.1) is 0 Å². The highest BCUT2D eigenvalue weighted by Crippen LogP contribution is 2.07. The molecule has 0 aromatic carbocycles. The van der Waals surface area contributed by atoms with Crippen molar-refractivity contribution in [3.63, 3.8) is 0 Å². The Morgan fingerprint density at radius 3 is 2.62 bits per heavy atom. The van der Waals surface area contributed by atoms with Gasteiger partial charge >= 0.3 is 0 Å². The van der Waals surface area contributed by atoms with E-state index >= 15 is 0 Å². The zero-order valence-corrected chi connectivity index (χ0v) is 11.4. The molecule has 0 saturated carbocycles. The molecule has 1 rings (SSSR count). The van der Waals surface area contributed by atoms with Crippen molar-refractivity contribution in [3.05, 3.63) is 0 Å². The highest BCUT2D eigenvalue weighted by Gasteiger charge is 2.23. The molecule has 1 saturated heterocycles. The predicted molar refractivity (Wildman–Crippen MR) is 67.4 cm³/mol. The molecule has 1 fully saturated rings. The standard InChI is InChI=1S/C11H24N2O2S/c1-4-6-16(14,15)7-5-13-9-10(2)12-8-11(13)3/h10-12H,4-9H2,1-3H3. The Bertz CT molecular complexity index is 303. The first-order valence-corrected chi connectivity index (χ1v) is 7.94. The fourth-order valence-corrected chi connectivity index (χ4v) is 3.42. The van der Waals surface area contributed by atoms with E-state index in [4.69, 9.17) is 0 Å². The molecule has 96 valence electrons. The van der Waals surface area contributed by atoms with Gasteiger partial charge in [0.2, 0.25) is 0 Å². The van der Waals surface area contributed by atoms with E-state index in [-0.39, 0.29) is 0 Å². The smallest absolute Gasteiger partial charge is 0.151 e. The minimum Gasteiger partial charge on any atom is -0.311 e. The molecule has 1 N–H and O–H groups in total. The van der Waals surface area contributed by atoms with E-state index in [0.717, 1.165) is 19.5 Å². The Morgan fingerprint density at radius 2 is 2.00 bits per heavy atom. The normalized spacial score (nSPS) is 28.2. The van der Waals surface area contributed by atoms with Gasteiger partial charge in [-0.05, 0) is 20.3 Å². The summed E-state index contributed by atoms with van der Waals surface area (Å²) in [4.78, 5) is 2.27. The number of sulfone groups is 1. The number of nitrogens with one attached hydrogen (secondary N) is 1. The van der Waals surface area contributed by atoms with Crippen molar-refractivity contribution in [2.75, 3.05) is 31.1 Å². The lowest BCUT2D eigenvalue weighted by Crippen LogP contribution is -2.55. The molecule has 4 nitrogen and oxygen atoms in total. The summed E-state index contributed by atoms with van der Waals surface area (Å²) in [6, 6.07) is 0.901. The van der Waals surface area contributed by atoms with Gasteiger partial charge in [-0.3, -0.25) is 4.90 Å². The van der Waals surface area contributed by atoms with Crippen LogP contribution in [0, 0.1) is 0 Å². The second-order valence-corrected chi connectivity index (χ2v) is 7.11. The Balaban J connectivity index is 2.41. The second kappa shape index (κ2) is 5.98. The number of piperazine rings is 1. The molecule has 0 aromatic rings. The van der Waals surface area contributed by atoms with Crippen LogP contribution in [0.25, 0.3) is 0 Å². The molecule has 1 aliphatic rings. The summed E-state index contributed by atoms with van der Waals surface area (Å²) >= 11 is 0. The highest BCUT2D eigenvalue weighted by atomic mass is 32.2. The first-order chi connectivity index (χ1) is 7.44. The highest BCUT2D eigenvalue weighted by molar-refractivity contribution is 7.91. The first-order valence-electron chi connectivity index (χ1n) is 6.12. The summed E-state index contributed by atoms with van der Waals surface area (Å²) in [7, 11) is -2.83. The maximum Gasteiger partial charge on any atom is 0.151 e. The molecule has 0 spiro atoms. The molecule has 1 aliphatic heterocycles. The molecule has 5 heteroatoms. The molecule has 2 unspecified atom stereocenters. The van der Waals surface area contributed by atoms with Gasteiger partial charge < -0.3 is 5.32 Å². The number of rotatable bonds is 5. The van der Waals surface area contributed by atoms with Gasteiger partial charge in [0.25, 0.3) is 0 Å². The predicted octanol–water partition coefficient (Wildman–Crippen LogP) is 0.493. The van der Waals surface area contributed by atoms with E-state index in [0.29, 0.717) is 30.1 Å². The van der Waals surface area contributed by atoms with Gasteiger partial charge in [0.15, 0.2) is 9.84 Å². The molecule has 0 amide bonds. The fraction of sp³-hybridized carbons (Fsp3) is 1.00. The van der Waals surface area contributed by atoms with Crippen molar-refractivity contribution in [1.29, 1.82) is 0 Å². The average Bonchev–Trinajstić information content (AvgIpc) is 2.19. The maximum absolute atomic E-state index is 11.6. The van der Waals surface area contributed by atoms with E-state index < -0.39 is 9.84 Å². The van der Waals surface area contributed by atoms with E-state index in [1.807, 2.05) is 6.92 Å². The molecular weight excluding hydrogens is 224 g/mol. The lowest BCUT2D eigenvalue weighted by atomic mass is 10.1. The molecule has 0 radical (unpaired) electrons. The Kier molecular flexibility index (Phi) is 5.21. The lowest BCUT2D eigenvalue weighted by molar-refractivity contribution is 0.155. The molecule has 1 heterocycles. The van der Waals surface area contributed by atoms with Crippen molar-refractivity contribution in [2.45, 2.75) is 39.3 Å². The van der Waals surface area contributed by atoms with Gasteiger partial charge in [-0.1, -0.05) is 6.92 Å². The Labute approximate surface area is 99.3 Å². The Morgan fingerprint density at radius 1 is 1.31 bits per heavy atom. The third kappa shape index (κ3) is 4.39. The van der Waals surface area contributed by atoms with E-state index in [9.17, 15) is 8.42 Å². The minimum atomic E-state index is -2.83. The van der Waals surface area contributed by atoms with Crippen LogP contribution < -0.4 is 5.32 Å². The van der Waals surface area contributed by atoms with Crippen molar-refractivity contribution < 1.29 is 8.42 Å². The van der Waals surface area contributed by atoms with Crippen LogP contribution in [-0.4, -0.2) is 56.5 Å². The molecule has 16 heavy (non-hydrogen) atoms. The van der Waals surface area contributed by atoms with E-state index in [1.54, 1.807) is 0 Å². The summed E-state index contributed by atoms with van der Waals surface area (Å²) in [6.07, 6.45) is 0.718. The fourth-order valence-electron chi connectivity index (χ4n) is 2.08. The minimum absolute atomic E-state index is 0.303. The Hall–Kier alpha value is -0.130. The third-order valence-corrected chi connectivity index (χ3v) is 4.93. The van der Waals surface area contributed by atoms with Gasteiger partial charge in [0.05, 0.1) is 5.75 Å². The van der Waals surface area contributed by atoms with Crippen molar-refractivity contribution >= 4 is 9.84 Å². The molecule has 0 aliphatic carbocycles. The zero-order chi connectivity index (χ0) is 12.2. The van der Waals surface area contributed by atoms with E-state index in [1.165, 1.54) is 0 Å². The largest absolute Gasteiger partial charge is 0.311 e. The summed E-state index contributed by atoms with van der Waals surface area (Å²) in [5.74, 6) is 0.626. The van der Waals surface area contributed by atoms with Crippen LogP contribution in [0.3, 0.4) is 0 Å². The quantitative estimate of drug-likeness (QED) is 0.769. The van der Waals surface area contributed by atoms with Crippen LogP contribution in [0.4, 0.5) is 0 Å². The average molecular weight is 248 g/mol. The van der Waals surface area contributed by atoms with Gasteiger partial charge in [-0.25, -0.2) is 8.42 Å². The van der Waals surface area contributed by atoms with E-state index in [2.05, 4.69) is 24.1 Å². The molecule has 0 bridgehead atoms. The van der Waals surface area contributed by atoms with Crippen molar-refractivity contribution in [2.24, 2.45) is 0 Å². The maximum atomic E-state index is 11.6. The van der Waals surface area contributed by atoms with Crippen LogP contribution in [0.5, 0.6) is 0 Å². The second-order valence-electron chi connectivity index (χ2n) is 4.81. The van der Waals surface area contributed by atoms with Crippen LogP contribution in [0.1, 0.15) is 27.2 Å². The lowest BCUT2D eigenvalue weighted by Gasteiger charge is -2.37. The summed E-state index contributed by atoms with van der Waals surface area (Å²) < 4.78 is 23.2. The van der Waals surface area contributed by atoms with Crippen LogP contribution in [-0.2, 0) is 9.84 Å². The summed E-state index contributed by atoms with van der Waals surface area (Å²) in [6.45, 7) is 8.77. The molecular formula is C11H24N2O2S. The van der Waals surface area contributed by atoms with Crippen molar-refractivity contribution in [3.8, 4) is 0 Å². The number of hydrogen-bond acceptors (Lipinski definition) is 4. The summed E-state index contributed by atoms with van der Waals surface area (Å²) in [5.41, 5.74) is 0. The van der Waals surface area contributed by atoms with Crippen LogP contribution in [0.15, 0.2) is 0 Å². The van der Waals surface area contributed by atoms with Gasteiger partial charge in [-0.2, -0.15) is 0 Å². The summed E-state index contributed by atoms with van der Waals surface area (Å²) in [5, 5.41) is 3.39. The van der Waals surface area contributed by atoms with Crippen molar-refractivity contribution in [1.82, 2.24) is 10.2 Å². The van der Waals surface area contributed by atoms with Gasteiger partial charge in [0.1, 0.15) is 0 Å². The topological polar surface area (TPSA) is 49.4 Å². The molecule has 0 aromatic heterocycles. The number of hydrogen-bond donors (Lipinski definition) is 1. The SMILES string of the molecule is CCCS(=O)(=O)CCN1CC(C)NCC1C. The van der Waals surface area contributed by atoms with Gasteiger partial charge in [0, 0.05) is 37.5 Å². The number of nitrogens with zero attached hydrogens (tertiary/aromatic N) is 1. The van der Waals surface area contributed by atoms with Crippen LogP contribution in [0.2, 0.25) is 0 Å².